The molecule has 1 aromatic rings. The number of hydrogen-bond donors (Lipinski definition) is 2. The normalized spacial score (nSPS) is 21.7. The van der Waals surface area contributed by atoms with Crippen LogP contribution in [-0.4, -0.2) is 30.6 Å². The lowest BCUT2D eigenvalue weighted by Gasteiger charge is -2.32. The van der Waals surface area contributed by atoms with Crippen LogP contribution in [0.3, 0.4) is 0 Å². The molecule has 17 heavy (non-hydrogen) atoms. The zero-order valence-corrected chi connectivity index (χ0v) is 11.2. The Hall–Kier alpha value is -0.770. The van der Waals surface area contributed by atoms with Gasteiger partial charge in [-0.25, -0.2) is 0 Å². The Morgan fingerprint density at radius 1 is 1.53 bits per heavy atom. The molecule has 1 atom stereocenters. The van der Waals surface area contributed by atoms with E-state index >= 15 is 0 Å². The van der Waals surface area contributed by atoms with Crippen molar-refractivity contribution in [2.75, 3.05) is 25.4 Å². The van der Waals surface area contributed by atoms with Crippen LogP contribution in [0.25, 0.3) is 0 Å². The van der Waals surface area contributed by atoms with Gasteiger partial charge in [0.25, 0.3) is 0 Å². The second kappa shape index (κ2) is 5.25. The van der Waals surface area contributed by atoms with E-state index in [1.807, 2.05) is 12.1 Å². The van der Waals surface area contributed by atoms with Crippen molar-refractivity contribution >= 4 is 17.3 Å². The monoisotopic (exact) mass is 253 g/mol. The summed E-state index contributed by atoms with van der Waals surface area (Å²) in [7, 11) is 0. The van der Waals surface area contributed by atoms with Crippen LogP contribution in [0.2, 0.25) is 5.02 Å². The third kappa shape index (κ3) is 3.12. The van der Waals surface area contributed by atoms with Gasteiger partial charge < -0.3 is 11.1 Å². The smallest absolute Gasteiger partial charge is 0.0429 e. The lowest BCUT2D eigenvalue weighted by Crippen LogP contribution is -2.48. The topological polar surface area (TPSA) is 41.3 Å². The predicted octanol–water partition coefficient (Wildman–Crippen LogP) is 2.02. The summed E-state index contributed by atoms with van der Waals surface area (Å²) in [5.74, 6) is 0. The highest BCUT2D eigenvalue weighted by atomic mass is 35.5. The SMILES string of the molecule is Cc1c(N)cc(Cl)cc1CN1CCN[C@@H](C)C1. The van der Waals surface area contributed by atoms with E-state index in [0.29, 0.717) is 6.04 Å². The summed E-state index contributed by atoms with van der Waals surface area (Å²) >= 11 is 6.06. The Balaban J connectivity index is 2.12. The van der Waals surface area contributed by atoms with Crippen LogP contribution in [-0.2, 0) is 6.54 Å². The van der Waals surface area contributed by atoms with Gasteiger partial charge in [-0.05, 0) is 37.1 Å². The molecule has 0 saturated carbocycles. The highest BCUT2D eigenvalue weighted by molar-refractivity contribution is 6.31. The lowest BCUT2D eigenvalue weighted by molar-refractivity contribution is 0.199. The Labute approximate surface area is 108 Å². The van der Waals surface area contributed by atoms with Gasteiger partial charge in [0.1, 0.15) is 0 Å². The van der Waals surface area contributed by atoms with Crippen molar-refractivity contribution in [2.24, 2.45) is 0 Å². The number of piperazine rings is 1. The van der Waals surface area contributed by atoms with E-state index in [2.05, 4.69) is 24.1 Å². The number of nitrogens with zero attached hydrogens (tertiary/aromatic N) is 1. The second-order valence-electron chi connectivity index (χ2n) is 4.87. The van der Waals surface area contributed by atoms with Crippen molar-refractivity contribution in [2.45, 2.75) is 26.4 Å². The van der Waals surface area contributed by atoms with Gasteiger partial charge in [-0.3, -0.25) is 4.90 Å². The molecule has 1 heterocycles. The molecule has 1 aliphatic rings. The van der Waals surface area contributed by atoms with Crippen LogP contribution < -0.4 is 11.1 Å². The molecule has 0 spiro atoms. The number of rotatable bonds is 2. The fraction of sp³-hybridized carbons (Fsp3) is 0.538. The number of nitrogen functional groups attached to an aromatic ring is 1. The van der Waals surface area contributed by atoms with E-state index in [0.717, 1.165) is 42.5 Å². The van der Waals surface area contributed by atoms with E-state index < -0.39 is 0 Å². The number of hydrogen-bond acceptors (Lipinski definition) is 3. The van der Waals surface area contributed by atoms with Crippen LogP contribution in [0.15, 0.2) is 12.1 Å². The number of halogens is 1. The van der Waals surface area contributed by atoms with Gasteiger partial charge in [-0.2, -0.15) is 0 Å². The molecule has 4 heteroatoms. The van der Waals surface area contributed by atoms with Gasteiger partial charge in [0, 0.05) is 42.9 Å². The van der Waals surface area contributed by atoms with Crippen LogP contribution in [0, 0.1) is 6.92 Å². The second-order valence-corrected chi connectivity index (χ2v) is 5.31. The zero-order chi connectivity index (χ0) is 12.4. The average Bonchev–Trinajstić information content (AvgIpc) is 2.25. The lowest BCUT2D eigenvalue weighted by atomic mass is 10.1. The molecule has 0 radical (unpaired) electrons. The van der Waals surface area contributed by atoms with Crippen LogP contribution in [0.5, 0.6) is 0 Å². The molecule has 0 aromatic heterocycles. The molecule has 1 fully saturated rings. The first-order chi connectivity index (χ1) is 8.06. The molecule has 0 aliphatic carbocycles. The molecule has 1 aromatic carbocycles. The third-order valence-corrected chi connectivity index (χ3v) is 3.59. The highest BCUT2D eigenvalue weighted by Gasteiger charge is 2.16. The quantitative estimate of drug-likeness (QED) is 0.793. The average molecular weight is 254 g/mol. The summed E-state index contributed by atoms with van der Waals surface area (Å²) in [5, 5.41) is 4.17. The van der Waals surface area contributed by atoms with E-state index in [9.17, 15) is 0 Å². The molecule has 0 amide bonds. The van der Waals surface area contributed by atoms with Gasteiger partial charge in [-0.1, -0.05) is 11.6 Å². The van der Waals surface area contributed by atoms with Crippen molar-refractivity contribution in [1.82, 2.24) is 10.2 Å². The largest absolute Gasteiger partial charge is 0.398 e. The summed E-state index contributed by atoms with van der Waals surface area (Å²) < 4.78 is 0. The number of benzene rings is 1. The van der Waals surface area contributed by atoms with Crippen molar-refractivity contribution in [3.8, 4) is 0 Å². The van der Waals surface area contributed by atoms with E-state index in [1.54, 1.807) is 0 Å². The van der Waals surface area contributed by atoms with Crippen molar-refractivity contribution < 1.29 is 0 Å². The highest BCUT2D eigenvalue weighted by Crippen LogP contribution is 2.23. The molecule has 3 nitrogen and oxygen atoms in total. The van der Waals surface area contributed by atoms with E-state index in [4.69, 9.17) is 17.3 Å². The van der Waals surface area contributed by atoms with Gasteiger partial charge in [-0.15, -0.1) is 0 Å². The van der Waals surface area contributed by atoms with Crippen LogP contribution in [0.1, 0.15) is 18.1 Å². The molecule has 0 unspecified atom stereocenters. The number of anilines is 1. The minimum absolute atomic E-state index is 0.556. The van der Waals surface area contributed by atoms with Crippen molar-refractivity contribution in [1.29, 1.82) is 0 Å². The molecule has 2 rings (SSSR count). The minimum atomic E-state index is 0.556. The Morgan fingerprint density at radius 2 is 2.29 bits per heavy atom. The van der Waals surface area contributed by atoms with Crippen LogP contribution in [0.4, 0.5) is 5.69 Å². The fourth-order valence-electron chi connectivity index (χ4n) is 2.32. The maximum Gasteiger partial charge on any atom is 0.0429 e. The van der Waals surface area contributed by atoms with Crippen molar-refractivity contribution in [3.63, 3.8) is 0 Å². The predicted molar refractivity (Wildman–Crippen MR) is 73.3 cm³/mol. The standard InChI is InChI=1S/C13H20ClN3/c1-9-7-17(4-3-16-9)8-11-5-12(14)6-13(15)10(11)2/h5-6,9,16H,3-4,7-8,15H2,1-2H3/t9-/m0/s1. The summed E-state index contributed by atoms with van der Waals surface area (Å²) in [6.45, 7) is 8.42. The molecular formula is C13H20ClN3. The first-order valence-electron chi connectivity index (χ1n) is 6.06. The number of nitrogens with two attached hydrogens (primary N) is 1. The van der Waals surface area contributed by atoms with Gasteiger partial charge in [0.2, 0.25) is 0 Å². The molecule has 3 N–H and O–H groups in total. The molecular weight excluding hydrogens is 234 g/mol. The third-order valence-electron chi connectivity index (χ3n) is 3.37. The summed E-state index contributed by atoms with van der Waals surface area (Å²) in [6, 6.07) is 4.40. The maximum absolute atomic E-state index is 6.06. The molecule has 94 valence electrons. The summed E-state index contributed by atoms with van der Waals surface area (Å²) in [4.78, 5) is 2.44. The van der Waals surface area contributed by atoms with Gasteiger partial charge in [0.05, 0.1) is 0 Å². The maximum atomic E-state index is 6.06. The Morgan fingerprint density at radius 3 is 3.00 bits per heavy atom. The first kappa shape index (κ1) is 12.7. The van der Waals surface area contributed by atoms with E-state index in [1.165, 1.54) is 5.56 Å². The summed E-state index contributed by atoms with van der Waals surface area (Å²) in [6.07, 6.45) is 0. The fourth-order valence-corrected chi connectivity index (χ4v) is 2.57. The minimum Gasteiger partial charge on any atom is -0.398 e. The zero-order valence-electron chi connectivity index (χ0n) is 10.5. The molecule has 1 saturated heterocycles. The molecule has 0 bridgehead atoms. The van der Waals surface area contributed by atoms with Crippen molar-refractivity contribution in [3.05, 3.63) is 28.3 Å². The first-order valence-corrected chi connectivity index (χ1v) is 6.44. The van der Waals surface area contributed by atoms with Gasteiger partial charge in [0.15, 0.2) is 0 Å². The van der Waals surface area contributed by atoms with E-state index in [-0.39, 0.29) is 0 Å². The number of nitrogens with one attached hydrogen (secondary N) is 1. The van der Waals surface area contributed by atoms with Gasteiger partial charge >= 0.3 is 0 Å². The molecule has 1 aliphatic heterocycles. The Bertz CT molecular complexity index is 406. The van der Waals surface area contributed by atoms with Crippen LogP contribution >= 0.6 is 11.6 Å². The Kier molecular flexibility index (Phi) is 3.92. The summed E-state index contributed by atoms with van der Waals surface area (Å²) in [5.41, 5.74) is 9.12.